The molecule has 1 fully saturated rings. The van der Waals surface area contributed by atoms with Crippen LogP contribution < -0.4 is 33.7 Å². The summed E-state index contributed by atoms with van der Waals surface area (Å²) in [6.45, 7) is 7.89. The Bertz CT molecular complexity index is 2600. The number of piperidine rings is 1. The highest BCUT2D eigenvalue weighted by Gasteiger charge is 2.45. The number of rotatable bonds is 23. The number of benzene rings is 3. The monoisotopic (exact) mass is 1010 g/mol. The Morgan fingerprint density at radius 1 is 0.831 bits per heavy atom. The van der Waals surface area contributed by atoms with Gasteiger partial charge in [0.05, 0.1) is 46.9 Å². The van der Waals surface area contributed by atoms with E-state index in [1.165, 1.54) is 42.3 Å². The van der Waals surface area contributed by atoms with Crippen molar-refractivity contribution in [2.24, 2.45) is 5.41 Å². The van der Waals surface area contributed by atoms with Gasteiger partial charge >= 0.3 is 17.8 Å². The molecule has 2 N–H and O–H groups in total. The van der Waals surface area contributed by atoms with Crippen LogP contribution >= 0.6 is 0 Å². The quantitative estimate of drug-likeness (QED) is 0.0646. The van der Waals surface area contributed by atoms with Gasteiger partial charge in [0.15, 0.2) is 34.5 Å². The number of hydrogen-bond donors (Lipinski definition) is 2. The number of nitrogens with one attached hydrogen (secondary N) is 1. The fraction of sp³-hybridized carbons (Fsp3) is 0.480. The maximum absolute atomic E-state index is 14.5. The summed E-state index contributed by atoms with van der Waals surface area (Å²) >= 11 is 0. The first-order valence-electron chi connectivity index (χ1n) is 22.9. The number of carbonyl (C=O) groups excluding carboxylic acids is 6. The molecular weight excluding hydrogens is 947 g/mol. The van der Waals surface area contributed by atoms with Crippen molar-refractivity contribution >= 4 is 45.7 Å². The second-order valence-electron chi connectivity index (χ2n) is 18.3. The lowest BCUT2D eigenvalue weighted by atomic mass is 9.80. The Labute approximate surface area is 413 Å². The molecule has 5 rings (SSSR count). The molecule has 3 aromatic rings. The van der Waals surface area contributed by atoms with Gasteiger partial charge in [-0.2, -0.15) is 8.42 Å². The lowest BCUT2D eigenvalue weighted by Crippen LogP contribution is -2.50. The summed E-state index contributed by atoms with van der Waals surface area (Å²) in [5, 5.41) is 2.74. The molecule has 2 aliphatic heterocycles. The van der Waals surface area contributed by atoms with E-state index in [2.05, 4.69) is 5.32 Å². The van der Waals surface area contributed by atoms with E-state index in [1.807, 2.05) is 19.1 Å². The molecule has 0 spiro atoms. The normalized spacial score (nSPS) is 16.0. The number of imide groups is 1. The maximum atomic E-state index is 14.5. The zero-order valence-electron chi connectivity index (χ0n) is 41.7. The number of nitrogens with zero attached hydrogens (tertiary/aromatic N) is 2. The van der Waals surface area contributed by atoms with Gasteiger partial charge in [0.25, 0.3) is 21.9 Å². The molecule has 0 unspecified atom stereocenters. The van der Waals surface area contributed by atoms with Crippen LogP contribution in [0.5, 0.6) is 34.5 Å². The van der Waals surface area contributed by atoms with Gasteiger partial charge in [-0.1, -0.05) is 30.2 Å². The van der Waals surface area contributed by atoms with Crippen molar-refractivity contribution < 1.29 is 79.7 Å². The minimum atomic E-state index is -5.06. The summed E-state index contributed by atoms with van der Waals surface area (Å²) in [6.07, 6.45) is 2.35. The molecule has 386 valence electrons. The van der Waals surface area contributed by atoms with Crippen molar-refractivity contribution in [1.82, 2.24) is 15.3 Å². The van der Waals surface area contributed by atoms with Crippen LogP contribution in [0.15, 0.2) is 65.6 Å². The van der Waals surface area contributed by atoms with Crippen molar-refractivity contribution in [2.75, 3.05) is 48.7 Å². The molecule has 21 heteroatoms. The van der Waals surface area contributed by atoms with Gasteiger partial charge in [0, 0.05) is 18.2 Å². The highest BCUT2D eigenvalue weighted by molar-refractivity contribution is 7.91. The molecule has 0 bridgehead atoms. The third kappa shape index (κ3) is 13.5. The van der Waals surface area contributed by atoms with Gasteiger partial charge in [0.1, 0.15) is 17.9 Å². The van der Waals surface area contributed by atoms with Crippen LogP contribution in [0.3, 0.4) is 0 Å². The minimum Gasteiger partial charge on any atom is -0.493 e. The molecule has 71 heavy (non-hydrogen) atoms. The third-order valence-electron chi connectivity index (χ3n) is 12.1. The van der Waals surface area contributed by atoms with Crippen molar-refractivity contribution in [3.05, 3.63) is 82.3 Å². The van der Waals surface area contributed by atoms with Gasteiger partial charge in [-0.05, 0) is 126 Å². The number of hydrogen-bond acceptors (Lipinski definition) is 16. The number of amides is 4. The SMILES string of the molecule is CC[C@H](C(=O)N1CCCC[C@H]1C(=O)O[C@H](CCc1ccc(OC)c(OC)c1)c1cccc(OCC(=O)NC(C)(C)CC(C)(C)C(=O)ON2C(=O)C=C(S(=O)(=O)O)C2=O)c1)c1cc(OC)c(OC)c(OC)c1. The van der Waals surface area contributed by atoms with Crippen molar-refractivity contribution in [3.63, 3.8) is 0 Å². The van der Waals surface area contributed by atoms with Gasteiger partial charge in [-0.25, -0.2) is 9.59 Å². The number of likely N-dealkylation sites (tertiary alicyclic amines) is 1. The Kier molecular flexibility index (Phi) is 18.1. The summed E-state index contributed by atoms with van der Waals surface area (Å²) < 4.78 is 72.1. The smallest absolute Gasteiger partial charge is 0.338 e. The fourth-order valence-electron chi connectivity index (χ4n) is 8.84. The van der Waals surface area contributed by atoms with E-state index in [-0.39, 0.29) is 23.1 Å². The molecule has 0 saturated carbocycles. The van der Waals surface area contributed by atoms with Gasteiger partial charge in [-0.15, -0.1) is 0 Å². The zero-order valence-corrected chi connectivity index (χ0v) is 42.5. The Hall–Kier alpha value is -6.87. The van der Waals surface area contributed by atoms with E-state index in [0.717, 1.165) is 5.56 Å². The highest BCUT2D eigenvalue weighted by atomic mass is 32.2. The lowest BCUT2D eigenvalue weighted by molar-refractivity contribution is -0.203. The van der Waals surface area contributed by atoms with E-state index in [1.54, 1.807) is 68.3 Å². The summed E-state index contributed by atoms with van der Waals surface area (Å²) in [7, 11) is 2.51. The number of aryl methyl sites for hydroxylation is 1. The molecular formula is C50H63N3O17S. The number of methoxy groups -OCH3 is 5. The van der Waals surface area contributed by atoms with Crippen LogP contribution in [0.4, 0.5) is 0 Å². The standard InChI is InChI=1S/C50H63N3O17S/c1-11-34(32-25-39(65-8)44(67-10)40(26-32)66-9)45(56)52-22-13-12-17-35(52)47(58)69-36(20-18-30-19-21-37(63-6)38(23-30)64-7)31-15-14-16-33(24-31)68-28-42(54)51-50(4,5)29-49(2,3)48(59)70-53-43(55)27-41(46(53)57)71(60,61)62/h14-16,19,21,23-27,34-36H,11-13,17-18,20,22,28-29H2,1-10H3,(H,51,54)(H,60,61,62)/t34-,35-,36+/m0/s1. The van der Waals surface area contributed by atoms with E-state index in [4.69, 9.17) is 38.0 Å². The predicted octanol–water partition coefficient (Wildman–Crippen LogP) is 5.81. The summed E-state index contributed by atoms with van der Waals surface area (Å²) in [6, 6.07) is 14.9. The molecule has 0 aromatic heterocycles. The van der Waals surface area contributed by atoms with Crippen LogP contribution in [-0.4, -0.2) is 119 Å². The van der Waals surface area contributed by atoms with E-state index < -0.39 is 80.3 Å². The minimum absolute atomic E-state index is 0.0585. The second kappa shape index (κ2) is 23.4. The first-order chi connectivity index (χ1) is 33.5. The lowest BCUT2D eigenvalue weighted by Gasteiger charge is -2.37. The number of hydroxylamine groups is 2. The van der Waals surface area contributed by atoms with Gasteiger partial charge in [0.2, 0.25) is 11.7 Å². The molecule has 0 radical (unpaired) electrons. The fourth-order valence-corrected chi connectivity index (χ4v) is 9.39. The zero-order chi connectivity index (χ0) is 52.4. The molecule has 3 atom stereocenters. The molecule has 1 saturated heterocycles. The van der Waals surface area contributed by atoms with Gasteiger partial charge < -0.3 is 48.2 Å². The molecule has 2 heterocycles. The van der Waals surface area contributed by atoms with Gasteiger partial charge in [-0.3, -0.25) is 23.7 Å². The van der Waals surface area contributed by atoms with Crippen LogP contribution in [0, 0.1) is 5.41 Å². The van der Waals surface area contributed by atoms with E-state index in [9.17, 15) is 41.7 Å². The topological polar surface area (TPSA) is 249 Å². The average molecular weight is 1010 g/mol. The summed E-state index contributed by atoms with van der Waals surface area (Å²) in [5.74, 6) is -3.40. The summed E-state index contributed by atoms with van der Waals surface area (Å²) in [5.41, 5.74) is -0.479. The second-order valence-corrected chi connectivity index (χ2v) is 19.7. The van der Waals surface area contributed by atoms with E-state index in [0.29, 0.717) is 91.0 Å². The summed E-state index contributed by atoms with van der Waals surface area (Å²) in [4.78, 5) is 85.4. The maximum Gasteiger partial charge on any atom is 0.338 e. The largest absolute Gasteiger partial charge is 0.493 e. The highest BCUT2D eigenvalue weighted by Crippen LogP contribution is 2.42. The van der Waals surface area contributed by atoms with Crippen molar-refractivity contribution in [2.45, 2.75) is 103 Å². The number of ether oxygens (including phenoxy) is 7. The average Bonchev–Trinajstić information content (AvgIpc) is 3.63. The number of esters is 1. The Morgan fingerprint density at radius 3 is 2.08 bits per heavy atom. The first kappa shape index (κ1) is 55.1. The molecule has 4 amide bonds. The molecule has 3 aromatic carbocycles. The predicted molar refractivity (Wildman–Crippen MR) is 255 cm³/mol. The number of carbonyl (C=O) groups is 6. The van der Waals surface area contributed by atoms with Crippen molar-refractivity contribution in [1.29, 1.82) is 0 Å². The van der Waals surface area contributed by atoms with E-state index >= 15 is 0 Å². The van der Waals surface area contributed by atoms with Crippen LogP contribution in [0.25, 0.3) is 0 Å². The first-order valence-corrected chi connectivity index (χ1v) is 24.3. The molecule has 2 aliphatic rings. The Morgan fingerprint density at radius 2 is 1.49 bits per heavy atom. The van der Waals surface area contributed by atoms with Crippen LogP contribution in [0.1, 0.15) is 102 Å². The molecule has 0 aliphatic carbocycles. The van der Waals surface area contributed by atoms with Crippen LogP contribution in [-0.2, 0) is 54.9 Å². The molecule has 20 nitrogen and oxygen atoms in total. The van der Waals surface area contributed by atoms with Crippen molar-refractivity contribution in [3.8, 4) is 34.5 Å². The van der Waals surface area contributed by atoms with Crippen LogP contribution in [0.2, 0.25) is 0 Å². The third-order valence-corrected chi connectivity index (χ3v) is 12.9. The Balaban J connectivity index is 1.32.